The number of hydrogen-bond donors (Lipinski definition) is 0. The molecule has 4 heteroatoms. The Kier molecular flexibility index (Phi) is 5.07. The molecule has 0 unspecified atom stereocenters. The average Bonchev–Trinajstić information content (AvgIpc) is 3.44. The van der Waals surface area contributed by atoms with Crippen LogP contribution in [0.5, 0.6) is 0 Å². The number of furan rings is 1. The molecule has 0 fully saturated rings. The summed E-state index contributed by atoms with van der Waals surface area (Å²) >= 11 is 0. The lowest BCUT2D eigenvalue weighted by atomic mass is 9.73. The number of fused-ring (bicyclic) bond motifs is 8. The molecule has 0 atom stereocenters. The number of hydrogen-bond acceptors (Lipinski definition) is 4. The molecule has 0 aliphatic carbocycles. The van der Waals surface area contributed by atoms with Crippen LogP contribution >= 0.6 is 0 Å². The first-order valence-corrected chi connectivity index (χ1v) is 14.9. The molecule has 1 aliphatic heterocycles. The van der Waals surface area contributed by atoms with E-state index < -0.39 is 0 Å². The molecule has 2 aromatic heterocycles. The van der Waals surface area contributed by atoms with Crippen LogP contribution in [-0.2, 0) is 5.41 Å². The molecular formula is C40H27NO3. The third kappa shape index (κ3) is 3.42. The predicted octanol–water partition coefficient (Wildman–Crippen LogP) is 10.6. The Labute approximate surface area is 253 Å². The van der Waals surface area contributed by atoms with Crippen LogP contribution in [0.1, 0.15) is 25.0 Å². The second-order valence-electron chi connectivity index (χ2n) is 12.1. The van der Waals surface area contributed by atoms with Gasteiger partial charge in [-0.25, -0.2) is 0 Å². The maximum Gasteiger partial charge on any atom is 0.200 e. The molecule has 0 radical (unpaired) electrons. The highest BCUT2D eigenvalue weighted by Crippen LogP contribution is 2.54. The van der Waals surface area contributed by atoms with Crippen molar-refractivity contribution >= 4 is 60.9 Å². The Morgan fingerprint density at radius 3 is 2.18 bits per heavy atom. The van der Waals surface area contributed by atoms with Crippen molar-refractivity contribution < 1.29 is 8.83 Å². The number of rotatable bonds is 2. The molecule has 0 saturated carbocycles. The van der Waals surface area contributed by atoms with Crippen LogP contribution in [0.3, 0.4) is 0 Å². The van der Waals surface area contributed by atoms with E-state index in [0.29, 0.717) is 21.9 Å². The van der Waals surface area contributed by atoms with Gasteiger partial charge in [0.25, 0.3) is 0 Å². The van der Waals surface area contributed by atoms with Crippen LogP contribution in [0.4, 0.5) is 17.1 Å². The Hall–Kier alpha value is -5.61. The van der Waals surface area contributed by atoms with Crippen molar-refractivity contribution in [2.45, 2.75) is 19.3 Å². The quantitative estimate of drug-likeness (QED) is 0.194. The van der Waals surface area contributed by atoms with Gasteiger partial charge < -0.3 is 13.7 Å². The molecule has 6 aromatic carbocycles. The lowest BCUT2D eigenvalue weighted by Crippen LogP contribution is -2.30. The second kappa shape index (κ2) is 8.95. The van der Waals surface area contributed by atoms with E-state index in [2.05, 4.69) is 79.4 Å². The highest BCUT2D eigenvalue weighted by molar-refractivity contribution is 6.09. The van der Waals surface area contributed by atoms with E-state index >= 15 is 0 Å². The van der Waals surface area contributed by atoms with E-state index in [0.717, 1.165) is 55.7 Å². The Bertz CT molecular complexity index is 2500. The highest BCUT2D eigenvalue weighted by Gasteiger charge is 2.39. The van der Waals surface area contributed by atoms with E-state index in [1.165, 1.54) is 5.56 Å². The molecule has 0 saturated heterocycles. The fourth-order valence-electron chi connectivity index (χ4n) is 7.10. The smallest absolute Gasteiger partial charge is 0.200 e. The van der Waals surface area contributed by atoms with Crippen LogP contribution in [0.25, 0.3) is 55.0 Å². The Morgan fingerprint density at radius 2 is 1.30 bits per heavy atom. The highest BCUT2D eigenvalue weighted by atomic mass is 16.3. The summed E-state index contributed by atoms with van der Waals surface area (Å²) < 4.78 is 12.9. The minimum absolute atomic E-state index is 0.0405. The fraction of sp³-hybridized carbons (Fsp3) is 0.0750. The van der Waals surface area contributed by atoms with Gasteiger partial charge >= 0.3 is 0 Å². The van der Waals surface area contributed by atoms with Gasteiger partial charge in [-0.15, -0.1) is 0 Å². The first-order valence-electron chi connectivity index (χ1n) is 14.9. The van der Waals surface area contributed by atoms with Gasteiger partial charge in [0.15, 0.2) is 0 Å². The molecule has 8 aromatic rings. The van der Waals surface area contributed by atoms with E-state index in [9.17, 15) is 4.79 Å². The summed E-state index contributed by atoms with van der Waals surface area (Å²) in [6.45, 7) is 4.53. The molecule has 0 amide bonds. The number of benzene rings is 6. The molecule has 44 heavy (non-hydrogen) atoms. The Balaban J connectivity index is 1.28. The van der Waals surface area contributed by atoms with Crippen molar-refractivity contribution in [3.8, 4) is 11.1 Å². The van der Waals surface area contributed by atoms with Crippen molar-refractivity contribution in [2.24, 2.45) is 0 Å². The summed E-state index contributed by atoms with van der Waals surface area (Å²) in [6, 6.07) is 42.9. The van der Waals surface area contributed by atoms with E-state index in [-0.39, 0.29) is 10.8 Å². The van der Waals surface area contributed by atoms with Crippen LogP contribution < -0.4 is 10.3 Å². The summed E-state index contributed by atoms with van der Waals surface area (Å²) in [6.07, 6.45) is 0. The summed E-state index contributed by atoms with van der Waals surface area (Å²) in [5, 5.41) is 3.33. The molecule has 4 nitrogen and oxygen atoms in total. The minimum atomic E-state index is -0.321. The monoisotopic (exact) mass is 569 g/mol. The average molecular weight is 570 g/mol. The number of para-hydroxylation sites is 2. The largest absolute Gasteiger partial charge is 0.456 e. The van der Waals surface area contributed by atoms with Crippen LogP contribution in [0.15, 0.2) is 141 Å². The summed E-state index contributed by atoms with van der Waals surface area (Å²) in [7, 11) is 0. The normalized spacial score (nSPS) is 13.9. The van der Waals surface area contributed by atoms with E-state index in [1.54, 1.807) is 0 Å². The summed E-state index contributed by atoms with van der Waals surface area (Å²) in [4.78, 5) is 16.2. The number of nitrogens with zero attached hydrogens (tertiary/aromatic N) is 1. The minimum Gasteiger partial charge on any atom is -0.456 e. The van der Waals surface area contributed by atoms with Crippen molar-refractivity contribution in [1.82, 2.24) is 0 Å². The molecule has 0 spiro atoms. The van der Waals surface area contributed by atoms with Crippen molar-refractivity contribution in [3.05, 3.63) is 149 Å². The molecule has 1 aliphatic rings. The van der Waals surface area contributed by atoms with Crippen molar-refractivity contribution in [3.63, 3.8) is 0 Å². The zero-order chi connectivity index (χ0) is 29.6. The maximum absolute atomic E-state index is 13.9. The van der Waals surface area contributed by atoms with Crippen LogP contribution in [0.2, 0.25) is 0 Å². The van der Waals surface area contributed by atoms with Gasteiger partial charge in [-0.1, -0.05) is 86.6 Å². The van der Waals surface area contributed by atoms with Gasteiger partial charge in [0.2, 0.25) is 5.43 Å². The number of anilines is 3. The van der Waals surface area contributed by atoms with Gasteiger partial charge in [-0.2, -0.15) is 0 Å². The van der Waals surface area contributed by atoms with E-state index in [4.69, 9.17) is 8.83 Å². The summed E-state index contributed by atoms with van der Waals surface area (Å²) in [5.41, 5.74) is 9.99. The van der Waals surface area contributed by atoms with Gasteiger partial charge in [0, 0.05) is 27.4 Å². The van der Waals surface area contributed by atoms with Crippen molar-refractivity contribution in [2.75, 3.05) is 4.90 Å². The van der Waals surface area contributed by atoms with Crippen LogP contribution in [0, 0.1) is 0 Å². The lowest BCUT2D eigenvalue weighted by molar-refractivity contribution is 0.602. The first-order chi connectivity index (χ1) is 21.5. The third-order valence-electron chi connectivity index (χ3n) is 9.23. The zero-order valence-electron chi connectivity index (χ0n) is 24.3. The molecule has 0 bridgehead atoms. The molecule has 9 rings (SSSR count). The van der Waals surface area contributed by atoms with Gasteiger partial charge in [0.1, 0.15) is 22.3 Å². The SMILES string of the molecule is CC1(C)c2ccccc2N(c2ccc3oc4cc(-c5ccccc5)ccc4c(=O)c3c2)c2ccc3c(oc4ccccc43)c21. The van der Waals surface area contributed by atoms with Gasteiger partial charge in [-0.3, -0.25) is 4.79 Å². The zero-order valence-corrected chi connectivity index (χ0v) is 24.3. The summed E-state index contributed by atoms with van der Waals surface area (Å²) in [5.74, 6) is 0. The molecular weight excluding hydrogens is 542 g/mol. The molecule has 3 heterocycles. The fourth-order valence-corrected chi connectivity index (χ4v) is 7.10. The topological polar surface area (TPSA) is 46.6 Å². The van der Waals surface area contributed by atoms with Crippen LogP contribution in [-0.4, -0.2) is 0 Å². The predicted molar refractivity (Wildman–Crippen MR) is 180 cm³/mol. The lowest BCUT2D eigenvalue weighted by Gasteiger charge is -2.41. The maximum atomic E-state index is 13.9. The molecule has 210 valence electrons. The second-order valence-corrected chi connectivity index (χ2v) is 12.1. The van der Waals surface area contributed by atoms with Gasteiger partial charge in [-0.05, 0) is 71.3 Å². The van der Waals surface area contributed by atoms with Gasteiger partial charge in [0.05, 0.1) is 22.1 Å². The third-order valence-corrected chi connectivity index (χ3v) is 9.23. The standard InChI is InChI=1S/C40H27NO3/c1-40(2)31-13-7-8-14-32(31)41(33-20-19-28-27-12-6-9-15-34(27)44-39(28)37(33)40)26-17-21-35-30(23-26)38(42)29-18-16-25(22-36(29)43-35)24-10-4-3-5-11-24/h3-23H,1-2H3. The Morgan fingerprint density at radius 1 is 0.545 bits per heavy atom. The first kappa shape index (κ1) is 24.9. The molecule has 0 N–H and O–H groups in total. The van der Waals surface area contributed by atoms with E-state index in [1.807, 2.05) is 66.7 Å². The van der Waals surface area contributed by atoms with Crippen molar-refractivity contribution in [1.29, 1.82) is 0 Å².